The quantitative estimate of drug-likeness (QED) is 0.304. The lowest BCUT2D eigenvalue weighted by atomic mass is 9.95. The molecule has 2 aromatic heterocycles. The summed E-state index contributed by atoms with van der Waals surface area (Å²) in [4.78, 5) is 17.8. The number of nitrogens with two attached hydrogens (primary N) is 1. The number of nitrogen functional groups attached to an aromatic ring is 1. The average Bonchev–Trinajstić information content (AvgIpc) is 3.70. The van der Waals surface area contributed by atoms with Crippen molar-refractivity contribution < 1.29 is 22.6 Å². The van der Waals surface area contributed by atoms with Crippen LogP contribution in [0.1, 0.15) is 32.1 Å². The molecular formula is C29H28ClF3N6O2S. The summed E-state index contributed by atoms with van der Waals surface area (Å²) in [5.41, 5.74) is 6.10. The van der Waals surface area contributed by atoms with Gasteiger partial charge in [-0.25, -0.2) is 18.2 Å². The molecule has 4 saturated heterocycles. The van der Waals surface area contributed by atoms with Crippen molar-refractivity contribution in [2.24, 2.45) is 0 Å². The molecule has 220 valence electrons. The van der Waals surface area contributed by atoms with Gasteiger partial charge in [-0.3, -0.25) is 4.90 Å². The van der Waals surface area contributed by atoms with Crippen molar-refractivity contribution in [3.63, 3.8) is 0 Å². The number of hydrogen-bond acceptors (Lipinski definition) is 9. The van der Waals surface area contributed by atoms with Crippen molar-refractivity contribution in [2.75, 3.05) is 43.4 Å². The second-order valence-corrected chi connectivity index (χ2v) is 13.3. The van der Waals surface area contributed by atoms with Gasteiger partial charge in [0.05, 0.1) is 33.0 Å². The molecule has 2 N–H and O–H groups in total. The maximum atomic E-state index is 16.7. The van der Waals surface area contributed by atoms with Crippen molar-refractivity contribution in [2.45, 2.75) is 56.0 Å². The second-order valence-electron chi connectivity index (χ2n) is 11.8. The zero-order valence-electron chi connectivity index (χ0n) is 22.6. The minimum absolute atomic E-state index is 0.0224. The number of aromatic nitrogens is 3. The Balaban J connectivity index is 1.27. The summed E-state index contributed by atoms with van der Waals surface area (Å²) in [6, 6.07) is 4.38. The molecule has 8 rings (SSSR count). The number of anilines is 2. The van der Waals surface area contributed by atoms with Crippen LogP contribution in [0.5, 0.6) is 6.01 Å². The SMILES string of the molecule is Nc1nc2c(-c3c(Cl)cc4c(N5CC6CCC(C5)O6)nc(OC[C@@]56CCCN5C[C@H](F)C6)nc4c3F)ccc(F)c2s1. The van der Waals surface area contributed by atoms with Crippen molar-refractivity contribution in [3.8, 4) is 17.1 Å². The zero-order valence-corrected chi connectivity index (χ0v) is 24.2. The van der Waals surface area contributed by atoms with Crippen LogP contribution in [0.2, 0.25) is 5.02 Å². The number of benzene rings is 2. The number of thiazole rings is 1. The highest BCUT2D eigenvalue weighted by atomic mass is 35.5. The predicted molar refractivity (Wildman–Crippen MR) is 156 cm³/mol. The van der Waals surface area contributed by atoms with Gasteiger partial charge in [-0.15, -0.1) is 0 Å². The highest BCUT2D eigenvalue weighted by Gasteiger charge is 2.49. The highest BCUT2D eigenvalue weighted by Crippen LogP contribution is 2.44. The van der Waals surface area contributed by atoms with Crippen LogP contribution in [0.25, 0.3) is 32.2 Å². The van der Waals surface area contributed by atoms with E-state index in [0.717, 1.165) is 43.6 Å². The molecule has 4 aliphatic heterocycles. The number of halogens is 4. The van der Waals surface area contributed by atoms with Crippen molar-refractivity contribution >= 4 is 55.0 Å². The van der Waals surface area contributed by atoms with E-state index < -0.39 is 23.3 Å². The molecule has 42 heavy (non-hydrogen) atoms. The Hall–Kier alpha value is -2.93. The molecular weight excluding hydrogens is 589 g/mol. The van der Waals surface area contributed by atoms with E-state index in [-0.39, 0.29) is 56.3 Å². The second kappa shape index (κ2) is 9.80. The summed E-state index contributed by atoms with van der Waals surface area (Å²) in [6.07, 6.45) is 3.32. The largest absolute Gasteiger partial charge is 0.461 e. The third kappa shape index (κ3) is 4.21. The van der Waals surface area contributed by atoms with Gasteiger partial charge in [0.25, 0.3) is 0 Å². The van der Waals surface area contributed by atoms with Crippen molar-refractivity contribution in [1.29, 1.82) is 0 Å². The fourth-order valence-corrected chi connectivity index (χ4v) is 8.40. The molecule has 0 amide bonds. The molecule has 8 nitrogen and oxygen atoms in total. The molecule has 4 aliphatic rings. The topological polar surface area (TPSA) is 89.6 Å². The Kier molecular flexibility index (Phi) is 6.22. The van der Waals surface area contributed by atoms with Gasteiger partial charge in [-0.1, -0.05) is 22.9 Å². The summed E-state index contributed by atoms with van der Waals surface area (Å²) in [7, 11) is 0. The highest BCUT2D eigenvalue weighted by molar-refractivity contribution is 7.22. The van der Waals surface area contributed by atoms with E-state index in [1.54, 1.807) is 6.07 Å². The van der Waals surface area contributed by atoms with E-state index in [2.05, 4.69) is 19.8 Å². The number of alkyl halides is 1. The van der Waals surface area contributed by atoms with Crippen LogP contribution in [0.15, 0.2) is 18.2 Å². The molecule has 4 aromatic rings. The van der Waals surface area contributed by atoms with E-state index in [1.807, 2.05) is 0 Å². The maximum Gasteiger partial charge on any atom is 0.319 e. The third-order valence-corrected chi connectivity index (χ3v) is 10.4. The molecule has 0 saturated carbocycles. The van der Waals surface area contributed by atoms with Crippen LogP contribution in [0.4, 0.5) is 24.1 Å². The van der Waals surface area contributed by atoms with Gasteiger partial charge in [0.2, 0.25) is 0 Å². The van der Waals surface area contributed by atoms with Crippen molar-refractivity contribution in [1.82, 2.24) is 19.9 Å². The first kappa shape index (κ1) is 26.7. The molecule has 2 aromatic carbocycles. The first-order chi connectivity index (χ1) is 20.3. The smallest absolute Gasteiger partial charge is 0.319 e. The normalized spacial score (nSPS) is 27.4. The van der Waals surface area contributed by atoms with Crippen LogP contribution in [0.3, 0.4) is 0 Å². The number of morpholine rings is 1. The fraction of sp³-hybridized carbons (Fsp3) is 0.483. The van der Waals surface area contributed by atoms with E-state index in [9.17, 15) is 8.78 Å². The van der Waals surface area contributed by atoms with Crippen LogP contribution >= 0.6 is 22.9 Å². The van der Waals surface area contributed by atoms with Crippen LogP contribution in [-0.2, 0) is 4.74 Å². The number of fused-ring (bicyclic) bond motifs is 5. The minimum Gasteiger partial charge on any atom is -0.461 e. The zero-order chi connectivity index (χ0) is 28.7. The van der Waals surface area contributed by atoms with E-state index in [0.29, 0.717) is 42.8 Å². The van der Waals surface area contributed by atoms with Gasteiger partial charge < -0.3 is 20.1 Å². The Labute approximate surface area is 248 Å². The molecule has 13 heteroatoms. The van der Waals surface area contributed by atoms with Crippen LogP contribution in [0, 0.1) is 11.6 Å². The lowest BCUT2D eigenvalue weighted by Gasteiger charge is -2.34. The molecule has 0 aliphatic carbocycles. The summed E-state index contributed by atoms with van der Waals surface area (Å²) < 4.78 is 58.1. The molecule has 4 fully saturated rings. The van der Waals surface area contributed by atoms with Crippen molar-refractivity contribution in [3.05, 3.63) is 34.9 Å². The standard InChI is InChI=1S/C29H28ClF3N6O2S/c30-19-8-18-23(22(33)21(19)17-4-5-20(32)25-24(17)35-27(34)42-25)36-28(37-26(18)38-11-15-2-3-16(12-38)41-15)40-13-29-6-1-7-39(29)10-14(31)9-29/h4-5,8,14-16H,1-3,6-7,9-13H2,(H2,34,35)/t14-,15?,16?,29+/m1/s1. The molecule has 0 radical (unpaired) electrons. The Morgan fingerprint density at radius 1 is 1.12 bits per heavy atom. The summed E-state index contributed by atoms with van der Waals surface area (Å²) in [5.74, 6) is -0.669. The Morgan fingerprint density at radius 3 is 2.74 bits per heavy atom. The van der Waals surface area contributed by atoms with Crippen LogP contribution < -0.4 is 15.4 Å². The van der Waals surface area contributed by atoms with Crippen LogP contribution in [-0.4, -0.2) is 76.6 Å². The molecule has 2 unspecified atom stereocenters. The van der Waals surface area contributed by atoms with Gasteiger partial charge in [0.15, 0.2) is 10.9 Å². The van der Waals surface area contributed by atoms with Gasteiger partial charge in [0, 0.05) is 42.6 Å². The monoisotopic (exact) mass is 616 g/mol. The molecule has 4 atom stereocenters. The molecule has 2 bridgehead atoms. The number of ether oxygens (including phenoxy) is 2. The summed E-state index contributed by atoms with van der Waals surface area (Å²) in [6.45, 7) is 2.63. The van der Waals surface area contributed by atoms with E-state index in [1.165, 1.54) is 12.1 Å². The van der Waals surface area contributed by atoms with Gasteiger partial charge in [-0.05, 0) is 50.4 Å². The Bertz CT molecular complexity index is 1730. The number of hydrogen-bond donors (Lipinski definition) is 1. The lowest BCUT2D eigenvalue weighted by Crippen LogP contribution is -2.44. The number of rotatable bonds is 5. The van der Waals surface area contributed by atoms with E-state index >= 15 is 4.39 Å². The molecule has 6 heterocycles. The summed E-state index contributed by atoms with van der Waals surface area (Å²) in [5, 5.41) is 0.727. The first-order valence-corrected chi connectivity index (χ1v) is 15.4. The van der Waals surface area contributed by atoms with Gasteiger partial charge >= 0.3 is 6.01 Å². The molecule has 0 spiro atoms. The average molecular weight is 617 g/mol. The van der Waals surface area contributed by atoms with Gasteiger partial charge in [-0.2, -0.15) is 9.97 Å². The number of nitrogens with zero attached hydrogens (tertiary/aromatic N) is 5. The van der Waals surface area contributed by atoms with Gasteiger partial charge in [0.1, 0.15) is 29.9 Å². The Morgan fingerprint density at radius 2 is 1.93 bits per heavy atom. The predicted octanol–water partition coefficient (Wildman–Crippen LogP) is 5.74. The van der Waals surface area contributed by atoms with E-state index in [4.69, 9.17) is 31.8 Å². The lowest BCUT2D eigenvalue weighted by molar-refractivity contribution is 0.0302. The third-order valence-electron chi connectivity index (χ3n) is 9.20. The minimum atomic E-state index is -0.903. The maximum absolute atomic E-state index is 16.7. The first-order valence-electron chi connectivity index (χ1n) is 14.2. The summed E-state index contributed by atoms with van der Waals surface area (Å²) >= 11 is 7.76. The fourth-order valence-electron chi connectivity index (χ4n) is 7.34.